The van der Waals surface area contributed by atoms with Crippen molar-refractivity contribution in [1.82, 2.24) is 0 Å². The Bertz CT molecular complexity index is 236. The second kappa shape index (κ2) is 16.4. The summed E-state index contributed by atoms with van der Waals surface area (Å²) in [5.74, 6) is 5.42. The number of hydrogen-bond donors (Lipinski definition) is 1. The zero-order chi connectivity index (χ0) is 14.9. The summed E-state index contributed by atoms with van der Waals surface area (Å²) in [4.78, 5) is 0. The molecule has 1 atom stereocenters. The number of unbranched alkanes of at least 4 members (excludes halogenated alkanes) is 11. The van der Waals surface area contributed by atoms with Crippen molar-refractivity contribution in [1.29, 1.82) is 0 Å². The van der Waals surface area contributed by atoms with Crippen LogP contribution >= 0.6 is 0 Å². The molecule has 0 rings (SSSR count). The molecule has 0 unspecified atom stereocenters. The Kier molecular flexibility index (Phi) is 15.9. The normalized spacial score (nSPS) is 11.9. The molecule has 0 saturated carbocycles. The first-order valence-electron chi connectivity index (χ1n) is 8.74. The highest BCUT2D eigenvalue weighted by Gasteiger charge is 2.04. The molecule has 0 aromatic carbocycles. The second-order valence-electron chi connectivity index (χ2n) is 5.89. The Balaban J connectivity index is 3.07. The molecule has 0 radical (unpaired) electrons. The Hall–Kier alpha value is -0.610. The minimum absolute atomic E-state index is 0.243. The molecule has 116 valence electrons. The summed E-state index contributed by atoms with van der Waals surface area (Å²) in [6, 6.07) is 0. The van der Waals surface area contributed by atoms with Gasteiger partial charge in [-0.2, -0.15) is 0 Å². The zero-order valence-electron chi connectivity index (χ0n) is 13.6. The predicted molar refractivity (Wildman–Crippen MR) is 89.5 cm³/mol. The molecule has 20 heavy (non-hydrogen) atoms. The molecule has 1 N–H and O–H groups in total. The lowest BCUT2D eigenvalue weighted by atomic mass is 10.0. The average Bonchev–Trinajstić information content (AvgIpc) is 2.46. The van der Waals surface area contributed by atoms with E-state index in [2.05, 4.69) is 25.7 Å². The first kappa shape index (κ1) is 19.4. The van der Waals surface area contributed by atoms with Crippen LogP contribution in [-0.2, 0) is 0 Å². The average molecular weight is 279 g/mol. The first-order valence-corrected chi connectivity index (χ1v) is 8.74. The van der Waals surface area contributed by atoms with Crippen LogP contribution in [0.2, 0.25) is 0 Å². The van der Waals surface area contributed by atoms with Crippen molar-refractivity contribution in [2.75, 3.05) is 0 Å². The lowest BCUT2D eigenvalue weighted by Crippen LogP contribution is -2.04. The fourth-order valence-corrected chi connectivity index (χ4v) is 2.51. The van der Waals surface area contributed by atoms with Crippen LogP contribution in [0.5, 0.6) is 0 Å². The fourth-order valence-electron chi connectivity index (χ4n) is 2.51. The van der Waals surface area contributed by atoms with E-state index >= 15 is 0 Å². The minimum atomic E-state index is -0.243. The van der Waals surface area contributed by atoms with E-state index in [0.29, 0.717) is 6.42 Å². The molecule has 1 nitrogen and oxygen atoms in total. The molecule has 0 spiro atoms. The van der Waals surface area contributed by atoms with E-state index in [1.165, 1.54) is 70.6 Å². The number of aliphatic hydroxyl groups excluding tert-OH is 1. The first-order chi connectivity index (χ1) is 9.81. The Morgan fingerprint density at radius 2 is 1.25 bits per heavy atom. The molecule has 0 amide bonds. The molecule has 0 aliphatic carbocycles. The molecule has 0 aliphatic heterocycles. The van der Waals surface area contributed by atoms with Gasteiger partial charge in [0.1, 0.15) is 18.3 Å². The Morgan fingerprint density at radius 1 is 0.800 bits per heavy atom. The van der Waals surface area contributed by atoms with Crippen LogP contribution < -0.4 is 0 Å². The van der Waals surface area contributed by atoms with E-state index in [9.17, 15) is 5.11 Å². The summed E-state index contributed by atoms with van der Waals surface area (Å²) in [6.45, 7) is 5.72. The van der Waals surface area contributed by atoms with Crippen molar-refractivity contribution in [2.24, 2.45) is 0 Å². The van der Waals surface area contributed by atoms with Gasteiger partial charge >= 0.3 is 0 Å². The molecular weight excluding hydrogens is 244 g/mol. The van der Waals surface area contributed by atoms with Crippen molar-refractivity contribution in [3.05, 3.63) is 6.92 Å². The van der Waals surface area contributed by atoms with Crippen LogP contribution in [0.4, 0.5) is 0 Å². The van der Waals surface area contributed by atoms with Gasteiger partial charge in [0.25, 0.3) is 0 Å². The maximum absolute atomic E-state index is 9.61. The van der Waals surface area contributed by atoms with Crippen molar-refractivity contribution < 1.29 is 5.11 Å². The van der Waals surface area contributed by atoms with Gasteiger partial charge in [0.15, 0.2) is 0 Å². The highest BCUT2D eigenvalue weighted by Crippen LogP contribution is 2.13. The van der Waals surface area contributed by atoms with Crippen LogP contribution in [-0.4, -0.2) is 11.2 Å². The maximum Gasteiger partial charge on any atom is 0.135 e. The second-order valence-corrected chi connectivity index (χ2v) is 5.89. The topological polar surface area (TPSA) is 20.2 Å². The van der Waals surface area contributed by atoms with Crippen molar-refractivity contribution in [3.63, 3.8) is 0 Å². The van der Waals surface area contributed by atoms with E-state index in [4.69, 9.17) is 0 Å². The van der Waals surface area contributed by atoms with E-state index in [-0.39, 0.29) is 6.10 Å². The monoisotopic (exact) mass is 279 g/mol. The van der Waals surface area contributed by atoms with Crippen LogP contribution in [0.25, 0.3) is 0 Å². The SMILES string of the molecule is [CH2+]C#CC[C@H](O)CCCCCCCCCCCCCC. The standard InChI is InChI=1S/C19H35O/c1-3-5-7-8-9-10-11-12-13-14-15-16-18-19(20)17-6-4-2/h19-20H,2-3,5,7-18H2,1H3/q+1/t19-/m0/s1. The molecule has 0 aliphatic rings. The molecule has 0 fully saturated rings. The van der Waals surface area contributed by atoms with E-state index < -0.39 is 0 Å². The molecular formula is C19H35O+. The third-order valence-corrected chi connectivity index (χ3v) is 3.85. The van der Waals surface area contributed by atoms with E-state index in [1.54, 1.807) is 0 Å². The van der Waals surface area contributed by atoms with Gasteiger partial charge in [0.05, 0.1) is 13.0 Å². The molecule has 0 heterocycles. The van der Waals surface area contributed by atoms with Gasteiger partial charge in [-0.15, -0.1) is 0 Å². The van der Waals surface area contributed by atoms with Crippen molar-refractivity contribution in [3.8, 4) is 11.8 Å². The summed E-state index contributed by atoms with van der Waals surface area (Å²) in [5.41, 5.74) is 0. The van der Waals surface area contributed by atoms with Crippen molar-refractivity contribution >= 4 is 0 Å². The molecule has 0 aromatic heterocycles. The molecule has 0 bridgehead atoms. The van der Waals surface area contributed by atoms with Gasteiger partial charge < -0.3 is 5.11 Å². The highest BCUT2D eigenvalue weighted by atomic mass is 16.3. The van der Waals surface area contributed by atoms with E-state index in [1.807, 2.05) is 0 Å². The van der Waals surface area contributed by atoms with Crippen LogP contribution in [0.3, 0.4) is 0 Å². The van der Waals surface area contributed by atoms with Gasteiger partial charge in [-0.1, -0.05) is 84.0 Å². The van der Waals surface area contributed by atoms with Gasteiger partial charge in [0, 0.05) is 0 Å². The summed E-state index contributed by atoms with van der Waals surface area (Å²) in [7, 11) is 0. The van der Waals surface area contributed by atoms with Gasteiger partial charge in [0.2, 0.25) is 0 Å². The number of hydrogen-bond acceptors (Lipinski definition) is 1. The lowest BCUT2D eigenvalue weighted by Gasteiger charge is -2.05. The third-order valence-electron chi connectivity index (χ3n) is 3.85. The smallest absolute Gasteiger partial charge is 0.135 e. The summed E-state index contributed by atoms with van der Waals surface area (Å²) >= 11 is 0. The van der Waals surface area contributed by atoms with Crippen molar-refractivity contribution in [2.45, 2.75) is 103 Å². The summed E-state index contributed by atoms with van der Waals surface area (Å²) in [5, 5.41) is 9.61. The van der Waals surface area contributed by atoms with Gasteiger partial charge in [-0.05, 0) is 6.42 Å². The Morgan fingerprint density at radius 3 is 1.70 bits per heavy atom. The van der Waals surface area contributed by atoms with Crippen LogP contribution in [0.15, 0.2) is 0 Å². The van der Waals surface area contributed by atoms with Crippen LogP contribution in [0.1, 0.15) is 96.8 Å². The Labute approximate surface area is 127 Å². The fraction of sp³-hybridized carbons (Fsp3) is 0.842. The zero-order valence-corrected chi connectivity index (χ0v) is 13.6. The maximum atomic E-state index is 9.61. The highest BCUT2D eigenvalue weighted by molar-refractivity contribution is 5.02. The number of rotatable bonds is 14. The predicted octanol–water partition coefficient (Wildman–Crippen LogP) is 5.67. The van der Waals surface area contributed by atoms with Gasteiger partial charge in [-0.3, -0.25) is 0 Å². The molecule has 0 saturated heterocycles. The molecule has 1 heteroatoms. The van der Waals surface area contributed by atoms with Gasteiger partial charge in [-0.25, -0.2) is 0 Å². The quantitative estimate of drug-likeness (QED) is 0.247. The van der Waals surface area contributed by atoms with E-state index in [0.717, 1.165) is 12.8 Å². The summed E-state index contributed by atoms with van der Waals surface area (Å²) in [6.07, 6.45) is 17.6. The van der Waals surface area contributed by atoms with Crippen LogP contribution in [0, 0.1) is 18.8 Å². The molecule has 0 aromatic rings. The summed E-state index contributed by atoms with van der Waals surface area (Å²) < 4.78 is 0. The lowest BCUT2D eigenvalue weighted by molar-refractivity contribution is 0.166. The largest absolute Gasteiger partial charge is 0.390 e. The third kappa shape index (κ3) is 15.4. The number of aliphatic hydroxyl groups is 1. The minimum Gasteiger partial charge on any atom is -0.390 e.